The van der Waals surface area contributed by atoms with E-state index < -0.39 is 0 Å². The van der Waals surface area contributed by atoms with Gasteiger partial charge in [-0.25, -0.2) is 4.98 Å². The molecule has 0 saturated carbocycles. The van der Waals surface area contributed by atoms with E-state index in [1.807, 2.05) is 7.05 Å². The number of nitrogens with zero attached hydrogens (tertiary/aromatic N) is 2. The van der Waals surface area contributed by atoms with Gasteiger partial charge in [0, 0.05) is 38.5 Å². The van der Waals surface area contributed by atoms with E-state index in [1.54, 1.807) is 12.5 Å². The normalized spacial score (nSPS) is 9.90. The largest absolute Gasteiger partial charge is 0.383 e. The third-order valence-corrected chi connectivity index (χ3v) is 3.51. The lowest BCUT2D eigenvalue weighted by atomic mass is 10.4. The summed E-state index contributed by atoms with van der Waals surface area (Å²) in [7, 11) is 3.67. The molecular weight excluding hydrogens is 335 g/mol. The smallest absolute Gasteiger partial charge is 0.270 e. The molecule has 0 atom stereocenters. The van der Waals surface area contributed by atoms with Crippen molar-refractivity contribution in [3.63, 3.8) is 0 Å². The number of hydrogen-bond donors (Lipinski definition) is 2. The van der Waals surface area contributed by atoms with Gasteiger partial charge in [-0.15, -0.1) is 36.2 Å². The molecule has 0 saturated heterocycles. The topological polar surface area (TPSA) is 80.5 Å². The van der Waals surface area contributed by atoms with Crippen molar-refractivity contribution in [2.75, 3.05) is 46.9 Å². The number of hydrogen-bond acceptors (Lipinski definition) is 6. The molecule has 9 heteroatoms. The lowest BCUT2D eigenvalue weighted by molar-refractivity contribution is 0.0943. The number of carbonyl (C=O) groups excluding carboxylic acids is 1. The lowest BCUT2D eigenvalue weighted by Gasteiger charge is -2.15. The van der Waals surface area contributed by atoms with E-state index >= 15 is 0 Å². The molecule has 124 valence electrons. The van der Waals surface area contributed by atoms with Crippen LogP contribution < -0.4 is 11.1 Å². The van der Waals surface area contributed by atoms with Crippen molar-refractivity contribution in [2.45, 2.75) is 6.42 Å². The molecular formula is C12H24Cl2N4O2S. The van der Waals surface area contributed by atoms with Gasteiger partial charge in [0.05, 0.1) is 11.6 Å². The van der Waals surface area contributed by atoms with Crippen LogP contribution in [0.1, 0.15) is 15.5 Å². The number of rotatable bonds is 9. The van der Waals surface area contributed by atoms with Gasteiger partial charge >= 0.3 is 0 Å². The number of methoxy groups -OCH3 is 1. The zero-order valence-corrected chi connectivity index (χ0v) is 14.8. The van der Waals surface area contributed by atoms with Gasteiger partial charge < -0.3 is 20.7 Å². The summed E-state index contributed by atoms with van der Waals surface area (Å²) in [5.74, 6) is -0.125. The Morgan fingerprint density at radius 1 is 1.48 bits per heavy atom. The number of thiazole rings is 1. The zero-order valence-electron chi connectivity index (χ0n) is 12.3. The van der Waals surface area contributed by atoms with Crippen LogP contribution in [0.5, 0.6) is 0 Å². The minimum atomic E-state index is -0.125. The van der Waals surface area contributed by atoms with E-state index in [2.05, 4.69) is 15.2 Å². The second-order valence-electron chi connectivity index (χ2n) is 4.22. The Morgan fingerprint density at radius 2 is 2.19 bits per heavy atom. The quantitative estimate of drug-likeness (QED) is 0.682. The predicted molar refractivity (Wildman–Crippen MR) is 91.1 cm³/mol. The second-order valence-corrected chi connectivity index (χ2v) is 5.16. The first-order valence-electron chi connectivity index (χ1n) is 6.27. The Labute approximate surface area is 142 Å². The van der Waals surface area contributed by atoms with E-state index in [9.17, 15) is 4.79 Å². The molecule has 0 aliphatic rings. The average Bonchev–Trinajstić information content (AvgIpc) is 2.85. The van der Waals surface area contributed by atoms with E-state index in [-0.39, 0.29) is 30.7 Å². The highest BCUT2D eigenvalue weighted by atomic mass is 35.5. The molecule has 1 heterocycles. The number of ether oxygens (including phenoxy) is 1. The Hall–Kier alpha value is -0.440. The van der Waals surface area contributed by atoms with Gasteiger partial charge in [0.15, 0.2) is 0 Å². The zero-order chi connectivity index (χ0) is 14.1. The number of aromatic nitrogens is 1. The van der Waals surface area contributed by atoms with Crippen LogP contribution in [-0.4, -0.2) is 62.7 Å². The minimum Gasteiger partial charge on any atom is -0.383 e. The highest BCUT2D eigenvalue weighted by molar-refractivity contribution is 7.09. The number of nitrogens with two attached hydrogens (primary N) is 1. The molecule has 0 radical (unpaired) electrons. The summed E-state index contributed by atoms with van der Waals surface area (Å²) in [5.41, 5.74) is 5.93. The van der Waals surface area contributed by atoms with Crippen LogP contribution in [0.15, 0.2) is 5.38 Å². The van der Waals surface area contributed by atoms with Gasteiger partial charge in [-0.2, -0.15) is 0 Å². The van der Waals surface area contributed by atoms with Crippen LogP contribution in [0.25, 0.3) is 0 Å². The van der Waals surface area contributed by atoms with Crippen molar-refractivity contribution in [2.24, 2.45) is 5.73 Å². The third-order valence-electron chi connectivity index (χ3n) is 2.60. The monoisotopic (exact) mass is 358 g/mol. The highest BCUT2D eigenvalue weighted by Gasteiger charge is 2.10. The van der Waals surface area contributed by atoms with E-state index in [4.69, 9.17) is 10.5 Å². The Bertz CT molecular complexity index is 393. The molecule has 6 nitrogen and oxygen atoms in total. The fourth-order valence-corrected chi connectivity index (χ4v) is 2.26. The molecule has 0 unspecified atom stereocenters. The van der Waals surface area contributed by atoms with Crippen molar-refractivity contribution in [3.05, 3.63) is 16.1 Å². The van der Waals surface area contributed by atoms with Crippen LogP contribution in [0, 0.1) is 0 Å². The fraction of sp³-hybridized carbons (Fsp3) is 0.667. The molecule has 21 heavy (non-hydrogen) atoms. The van der Waals surface area contributed by atoms with Crippen LogP contribution in [0.4, 0.5) is 0 Å². The molecule has 0 bridgehead atoms. The van der Waals surface area contributed by atoms with E-state index in [1.165, 1.54) is 11.3 Å². The Kier molecular flexibility index (Phi) is 14.4. The van der Waals surface area contributed by atoms with Crippen molar-refractivity contribution in [1.29, 1.82) is 0 Å². The number of halogens is 2. The molecule has 0 aromatic carbocycles. The third kappa shape index (κ3) is 9.23. The molecule has 0 aliphatic heterocycles. The average molecular weight is 359 g/mol. The Morgan fingerprint density at radius 3 is 2.81 bits per heavy atom. The predicted octanol–water partition coefficient (Wildman–Crippen LogP) is 0.796. The van der Waals surface area contributed by atoms with E-state index in [0.29, 0.717) is 25.4 Å². The van der Waals surface area contributed by atoms with Gasteiger partial charge in [0.25, 0.3) is 5.91 Å². The number of nitrogens with one attached hydrogen (secondary N) is 1. The first-order valence-corrected chi connectivity index (χ1v) is 7.15. The number of likely N-dealkylation sites (N-methyl/N-ethyl adjacent to an activating group) is 1. The first kappa shape index (κ1) is 22.8. The molecule has 3 N–H and O–H groups in total. The Balaban J connectivity index is 0. The summed E-state index contributed by atoms with van der Waals surface area (Å²) >= 11 is 1.47. The van der Waals surface area contributed by atoms with Gasteiger partial charge in [-0.1, -0.05) is 0 Å². The molecule has 0 spiro atoms. The van der Waals surface area contributed by atoms with Crippen LogP contribution in [0.2, 0.25) is 0 Å². The standard InChI is InChI=1S/C12H22N4O2S.2ClH/c1-16(7-8-18-2)6-5-14-12(17)10-9-19-11(15-10)3-4-13;;/h9H,3-8,13H2,1-2H3,(H,14,17);2*1H. The summed E-state index contributed by atoms with van der Waals surface area (Å²) in [4.78, 5) is 18.2. The van der Waals surface area contributed by atoms with Crippen molar-refractivity contribution in [3.8, 4) is 0 Å². The summed E-state index contributed by atoms with van der Waals surface area (Å²) in [6.45, 7) is 3.49. The lowest BCUT2D eigenvalue weighted by Crippen LogP contribution is -2.34. The minimum absolute atomic E-state index is 0. The van der Waals surface area contributed by atoms with Crippen molar-refractivity contribution < 1.29 is 9.53 Å². The summed E-state index contributed by atoms with van der Waals surface area (Å²) in [6, 6.07) is 0. The van der Waals surface area contributed by atoms with E-state index in [0.717, 1.165) is 24.5 Å². The molecule has 0 aliphatic carbocycles. The van der Waals surface area contributed by atoms with Crippen LogP contribution >= 0.6 is 36.2 Å². The van der Waals surface area contributed by atoms with Crippen molar-refractivity contribution in [1.82, 2.24) is 15.2 Å². The maximum Gasteiger partial charge on any atom is 0.270 e. The molecule has 1 aromatic heterocycles. The van der Waals surface area contributed by atoms with Crippen molar-refractivity contribution >= 4 is 42.1 Å². The molecule has 1 amide bonds. The summed E-state index contributed by atoms with van der Waals surface area (Å²) in [6.07, 6.45) is 0.720. The van der Waals surface area contributed by atoms with Crippen LogP contribution in [-0.2, 0) is 11.2 Å². The number of amides is 1. The number of carbonyl (C=O) groups is 1. The highest BCUT2D eigenvalue weighted by Crippen LogP contribution is 2.09. The van der Waals surface area contributed by atoms with Gasteiger partial charge in [0.2, 0.25) is 0 Å². The molecule has 1 aromatic rings. The maximum atomic E-state index is 11.8. The van der Waals surface area contributed by atoms with Crippen LogP contribution in [0.3, 0.4) is 0 Å². The van der Waals surface area contributed by atoms with Gasteiger partial charge in [-0.3, -0.25) is 4.79 Å². The maximum absolute atomic E-state index is 11.8. The SMILES string of the molecule is COCCN(C)CCNC(=O)c1csc(CCN)n1.Cl.Cl. The molecule has 1 rings (SSSR count). The summed E-state index contributed by atoms with van der Waals surface area (Å²) < 4.78 is 4.99. The molecule has 0 fully saturated rings. The second kappa shape index (κ2) is 13.2. The van der Waals surface area contributed by atoms with Gasteiger partial charge in [-0.05, 0) is 13.6 Å². The fourth-order valence-electron chi connectivity index (χ4n) is 1.46. The summed E-state index contributed by atoms with van der Waals surface area (Å²) in [5, 5.41) is 5.53. The first-order chi connectivity index (χ1) is 9.17. The van der Waals surface area contributed by atoms with Gasteiger partial charge in [0.1, 0.15) is 5.69 Å².